The van der Waals surface area contributed by atoms with E-state index in [0.29, 0.717) is 5.56 Å². The smallest absolute Gasteiger partial charge is 0.410 e. The van der Waals surface area contributed by atoms with Crippen LogP contribution in [0.4, 0.5) is 4.79 Å². The van der Waals surface area contributed by atoms with Crippen LogP contribution in [0.25, 0.3) is 0 Å². The van der Waals surface area contributed by atoms with Crippen molar-refractivity contribution >= 4 is 18.0 Å². The van der Waals surface area contributed by atoms with Crippen LogP contribution in [0.15, 0.2) is 54.6 Å². The van der Waals surface area contributed by atoms with Crippen molar-refractivity contribution in [1.82, 2.24) is 4.90 Å². The van der Waals surface area contributed by atoms with Crippen molar-refractivity contribution in [3.05, 3.63) is 71.3 Å². The van der Waals surface area contributed by atoms with E-state index in [-0.39, 0.29) is 25.3 Å². The van der Waals surface area contributed by atoms with Crippen LogP contribution in [0.2, 0.25) is 0 Å². The van der Waals surface area contributed by atoms with Gasteiger partial charge in [0.05, 0.1) is 5.56 Å². The van der Waals surface area contributed by atoms with Gasteiger partial charge in [0, 0.05) is 6.54 Å². The third-order valence-corrected chi connectivity index (χ3v) is 3.78. The molecule has 0 aliphatic carbocycles. The normalized spacial score (nSPS) is 10.9. The van der Waals surface area contributed by atoms with Crippen LogP contribution in [-0.2, 0) is 27.4 Å². The first-order valence-corrected chi connectivity index (χ1v) is 9.14. The Morgan fingerprint density at radius 3 is 2.10 bits per heavy atom. The summed E-state index contributed by atoms with van der Waals surface area (Å²) in [7, 11) is 0. The summed E-state index contributed by atoms with van der Waals surface area (Å²) in [6.07, 6.45) is -0.665. The Kier molecular flexibility index (Phi) is 7.36. The number of ether oxygens (including phenoxy) is 2. The molecule has 0 saturated carbocycles. The lowest BCUT2D eigenvalue weighted by molar-refractivity contribution is -0.155. The number of rotatable bonds is 7. The molecule has 0 bridgehead atoms. The summed E-state index contributed by atoms with van der Waals surface area (Å²) in [5.74, 6) is -1.60. The molecule has 29 heavy (non-hydrogen) atoms. The summed E-state index contributed by atoms with van der Waals surface area (Å²) in [6, 6.07) is 15.3. The van der Waals surface area contributed by atoms with E-state index in [0.717, 1.165) is 5.56 Å². The molecule has 2 aromatic carbocycles. The molecule has 7 nitrogen and oxygen atoms in total. The zero-order valence-electron chi connectivity index (χ0n) is 16.8. The highest BCUT2D eigenvalue weighted by Crippen LogP contribution is 2.13. The van der Waals surface area contributed by atoms with Gasteiger partial charge in [0.15, 0.2) is 0 Å². The fourth-order valence-corrected chi connectivity index (χ4v) is 2.50. The molecule has 2 rings (SSSR count). The van der Waals surface area contributed by atoms with E-state index in [9.17, 15) is 14.4 Å². The lowest BCUT2D eigenvalue weighted by Crippen LogP contribution is -2.38. The zero-order valence-corrected chi connectivity index (χ0v) is 16.8. The Morgan fingerprint density at radius 1 is 0.931 bits per heavy atom. The standard InChI is InChI=1S/C22H25NO6/c1-22(2,3)29-19(24)14-23(13-16-9-11-18(12-10-16)20(25)26)21(27)28-15-17-7-5-4-6-8-17/h4-12H,13-15H2,1-3H3,(H,25,26). The summed E-state index contributed by atoms with van der Waals surface area (Å²) >= 11 is 0. The number of carboxylic acid groups (broad SMARTS) is 1. The van der Waals surface area contributed by atoms with Crippen molar-refractivity contribution in [2.24, 2.45) is 0 Å². The second-order valence-corrected chi connectivity index (χ2v) is 7.48. The number of hydrogen-bond acceptors (Lipinski definition) is 5. The molecule has 0 aliphatic heterocycles. The van der Waals surface area contributed by atoms with Crippen LogP contribution in [0.5, 0.6) is 0 Å². The molecule has 0 heterocycles. The lowest BCUT2D eigenvalue weighted by atomic mass is 10.1. The number of esters is 1. The average molecular weight is 399 g/mol. The minimum absolute atomic E-state index is 0.0719. The third-order valence-electron chi connectivity index (χ3n) is 3.78. The molecule has 1 amide bonds. The quantitative estimate of drug-likeness (QED) is 0.711. The van der Waals surface area contributed by atoms with Gasteiger partial charge in [-0.25, -0.2) is 9.59 Å². The number of aromatic carboxylic acids is 1. The Hall–Kier alpha value is -3.35. The van der Waals surface area contributed by atoms with Gasteiger partial charge < -0.3 is 14.6 Å². The third kappa shape index (κ3) is 7.65. The van der Waals surface area contributed by atoms with E-state index in [4.69, 9.17) is 14.6 Å². The van der Waals surface area contributed by atoms with Gasteiger partial charge >= 0.3 is 18.0 Å². The fourth-order valence-electron chi connectivity index (χ4n) is 2.50. The van der Waals surface area contributed by atoms with Crippen LogP contribution in [0.1, 0.15) is 42.3 Å². The monoisotopic (exact) mass is 399 g/mol. The first-order valence-electron chi connectivity index (χ1n) is 9.14. The highest BCUT2D eigenvalue weighted by atomic mass is 16.6. The topological polar surface area (TPSA) is 93.1 Å². The molecule has 0 spiro atoms. The molecule has 1 N–H and O–H groups in total. The Labute approximate surface area is 169 Å². The summed E-state index contributed by atoms with van der Waals surface area (Å²) in [6.45, 7) is 5.09. The van der Waals surface area contributed by atoms with Gasteiger partial charge in [-0.3, -0.25) is 9.69 Å². The second kappa shape index (κ2) is 9.73. The van der Waals surface area contributed by atoms with Crippen LogP contribution in [-0.4, -0.2) is 40.2 Å². The minimum atomic E-state index is -1.04. The maximum Gasteiger partial charge on any atom is 0.410 e. The summed E-state index contributed by atoms with van der Waals surface area (Å²) < 4.78 is 10.6. The van der Waals surface area contributed by atoms with Gasteiger partial charge in [0.25, 0.3) is 0 Å². The van der Waals surface area contributed by atoms with Gasteiger partial charge in [-0.05, 0) is 44.0 Å². The van der Waals surface area contributed by atoms with Crippen molar-refractivity contribution in [3.8, 4) is 0 Å². The van der Waals surface area contributed by atoms with Crippen molar-refractivity contribution in [3.63, 3.8) is 0 Å². The van der Waals surface area contributed by atoms with Crippen molar-refractivity contribution < 1.29 is 29.0 Å². The molecule has 0 aromatic heterocycles. The number of carboxylic acids is 1. The maximum atomic E-state index is 12.6. The first kappa shape index (κ1) is 21.9. The van der Waals surface area contributed by atoms with Crippen LogP contribution >= 0.6 is 0 Å². The molecule has 7 heteroatoms. The van der Waals surface area contributed by atoms with E-state index in [1.807, 2.05) is 30.3 Å². The van der Waals surface area contributed by atoms with E-state index < -0.39 is 23.6 Å². The van der Waals surface area contributed by atoms with E-state index in [2.05, 4.69) is 0 Å². The molecule has 0 aliphatic rings. The molecular formula is C22H25NO6. The van der Waals surface area contributed by atoms with Crippen molar-refractivity contribution in [1.29, 1.82) is 0 Å². The molecule has 0 atom stereocenters. The number of nitrogens with zero attached hydrogens (tertiary/aromatic N) is 1. The molecule has 0 radical (unpaired) electrons. The van der Waals surface area contributed by atoms with E-state index in [1.165, 1.54) is 17.0 Å². The predicted molar refractivity (Wildman–Crippen MR) is 106 cm³/mol. The molecule has 0 saturated heterocycles. The predicted octanol–water partition coefficient (Wildman–Crippen LogP) is 3.87. The lowest BCUT2D eigenvalue weighted by Gasteiger charge is -2.25. The van der Waals surface area contributed by atoms with Crippen LogP contribution in [0.3, 0.4) is 0 Å². The van der Waals surface area contributed by atoms with E-state index in [1.54, 1.807) is 32.9 Å². The molecule has 2 aromatic rings. The summed E-state index contributed by atoms with van der Waals surface area (Å²) in [5, 5.41) is 9.01. The number of benzene rings is 2. The van der Waals surface area contributed by atoms with Gasteiger partial charge in [-0.2, -0.15) is 0 Å². The number of carbonyl (C=O) groups excluding carboxylic acids is 2. The largest absolute Gasteiger partial charge is 0.478 e. The number of amides is 1. The van der Waals surface area contributed by atoms with Gasteiger partial charge in [-0.15, -0.1) is 0 Å². The SMILES string of the molecule is CC(C)(C)OC(=O)CN(Cc1ccc(C(=O)O)cc1)C(=O)OCc1ccccc1. The number of carbonyl (C=O) groups is 3. The molecule has 0 fully saturated rings. The second-order valence-electron chi connectivity index (χ2n) is 7.48. The molecule has 0 unspecified atom stereocenters. The molecular weight excluding hydrogens is 374 g/mol. The zero-order chi connectivity index (χ0) is 21.4. The Morgan fingerprint density at radius 2 is 1.55 bits per heavy atom. The van der Waals surface area contributed by atoms with Gasteiger partial charge in [0.1, 0.15) is 18.8 Å². The van der Waals surface area contributed by atoms with Crippen LogP contribution in [0, 0.1) is 0 Å². The Bertz CT molecular complexity index is 840. The van der Waals surface area contributed by atoms with Crippen molar-refractivity contribution in [2.75, 3.05) is 6.54 Å². The summed E-state index contributed by atoms with van der Waals surface area (Å²) in [4.78, 5) is 37.1. The van der Waals surface area contributed by atoms with Gasteiger partial charge in [-0.1, -0.05) is 42.5 Å². The highest BCUT2D eigenvalue weighted by Gasteiger charge is 2.23. The average Bonchev–Trinajstić information content (AvgIpc) is 2.65. The van der Waals surface area contributed by atoms with Gasteiger partial charge in [0.2, 0.25) is 0 Å². The summed E-state index contributed by atoms with van der Waals surface area (Å²) in [5.41, 5.74) is 0.943. The van der Waals surface area contributed by atoms with Crippen molar-refractivity contribution in [2.45, 2.75) is 39.5 Å². The number of hydrogen-bond donors (Lipinski definition) is 1. The first-order chi connectivity index (χ1) is 13.6. The molecule has 154 valence electrons. The Balaban J connectivity index is 2.09. The fraction of sp³-hybridized carbons (Fsp3) is 0.318. The minimum Gasteiger partial charge on any atom is -0.478 e. The van der Waals surface area contributed by atoms with Crippen LogP contribution < -0.4 is 0 Å². The highest BCUT2D eigenvalue weighted by molar-refractivity contribution is 5.87. The van der Waals surface area contributed by atoms with E-state index >= 15 is 0 Å². The maximum absolute atomic E-state index is 12.6.